The molecule has 88 valence electrons. The summed E-state index contributed by atoms with van der Waals surface area (Å²) in [5.41, 5.74) is 0.663. The van der Waals surface area contributed by atoms with Crippen LogP contribution in [0.25, 0.3) is 0 Å². The van der Waals surface area contributed by atoms with Crippen LogP contribution in [0.1, 0.15) is 31.4 Å². The summed E-state index contributed by atoms with van der Waals surface area (Å²) in [4.78, 5) is 4.19. The first-order valence-electron chi connectivity index (χ1n) is 5.46. The number of halogens is 1. The van der Waals surface area contributed by atoms with E-state index in [1.54, 1.807) is 6.92 Å². The maximum atomic E-state index is 9.54. The molecule has 0 unspecified atom stereocenters. The molecule has 1 aliphatic rings. The Morgan fingerprint density at radius 2 is 2.19 bits per heavy atom. The Kier molecular flexibility index (Phi) is 3.56. The number of nitrogens with zero attached hydrogens (tertiary/aromatic N) is 3. The fraction of sp³-hybridized carbons (Fsp3) is 0.700. The molecule has 1 fully saturated rings. The molecule has 16 heavy (non-hydrogen) atoms. The Bertz CT molecular complexity index is 374. The van der Waals surface area contributed by atoms with E-state index >= 15 is 0 Å². The second kappa shape index (κ2) is 4.93. The van der Waals surface area contributed by atoms with E-state index in [0.717, 1.165) is 25.7 Å². The average molecular weight is 243 g/mol. The minimum Gasteiger partial charge on any atom is -0.393 e. The number of anilines is 1. The van der Waals surface area contributed by atoms with E-state index in [2.05, 4.69) is 20.5 Å². The van der Waals surface area contributed by atoms with Gasteiger partial charge >= 0.3 is 0 Å². The Morgan fingerprint density at radius 1 is 1.38 bits per heavy atom. The van der Waals surface area contributed by atoms with Gasteiger partial charge in [-0.15, -0.1) is 10.2 Å². The third kappa shape index (κ3) is 2.80. The third-order valence-corrected chi connectivity index (χ3v) is 3.13. The minimum atomic E-state index is -0.215. The molecule has 1 aromatic rings. The van der Waals surface area contributed by atoms with Crippen LogP contribution in [0.5, 0.6) is 0 Å². The van der Waals surface area contributed by atoms with Gasteiger partial charge in [-0.3, -0.25) is 0 Å². The van der Waals surface area contributed by atoms with Crippen molar-refractivity contribution in [3.63, 3.8) is 0 Å². The first kappa shape index (κ1) is 11.5. The van der Waals surface area contributed by atoms with Crippen molar-refractivity contribution < 1.29 is 5.11 Å². The van der Waals surface area contributed by atoms with Crippen LogP contribution in [0.2, 0.25) is 5.15 Å². The summed E-state index contributed by atoms with van der Waals surface area (Å²) in [6, 6.07) is 0.228. The Hall–Kier alpha value is -0.940. The van der Waals surface area contributed by atoms with Crippen molar-refractivity contribution in [3.8, 4) is 0 Å². The molecule has 0 saturated heterocycles. The van der Waals surface area contributed by atoms with E-state index in [-0.39, 0.29) is 12.1 Å². The molecule has 0 aromatic carbocycles. The minimum absolute atomic E-state index is 0.215. The van der Waals surface area contributed by atoms with Crippen LogP contribution in [0, 0.1) is 6.92 Å². The molecule has 1 heterocycles. The van der Waals surface area contributed by atoms with Gasteiger partial charge in [0.1, 0.15) is 0 Å². The molecule has 2 rings (SSSR count). The molecule has 1 aliphatic carbocycles. The van der Waals surface area contributed by atoms with Crippen molar-refractivity contribution in [2.24, 2.45) is 0 Å². The molecule has 2 atom stereocenters. The van der Waals surface area contributed by atoms with Crippen molar-refractivity contribution in [2.45, 2.75) is 44.8 Å². The summed E-state index contributed by atoms with van der Waals surface area (Å²) in [6.45, 7) is 1.79. The van der Waals surface area contributed by atoms with Gasteiger partial charge in [0, 0.05) is 6.04 Å². The lowest BCUT2D eigenvalue weighted by Gasteiger charge is -2.26. The van der Waals surface area contributed by atoms with Crippen molar-refractivity contribution in [1.29, 1.82) is 0 Å². The first-order chi connectivity index (χ1) is 7.65. The number of aliphatic hydroxyl groups is 1. The van der Waals surface area contributed by atoms with Gasteiger partial charge in [0.2, 0.25) is 5.95 Å². The lowest BCUT2D eigenvalue weighted by atomic mass is 9.93. The summed E-state index contributed by atoms with van der Waals surface area (Å²) in [5.74, 6) is 0.487. The highest BCUT2D eigenvalue weighted by Gasteiger charge is 2.20. The smallest absolute Gasteiger partial charge is 0.243 e. The van der Waals surface area contributed by atoms with Gasteiger partial charge < -0.3 is 10.4 Å². The van der Waals surface area contributed by atoms with Crippen LogP contribution in [0.15, 0.2) is 0 Å². The monoisotopic (exact) mass is 242 g/mol. The van der Waals surface area contributed by atoms with E-state index in [0.29, 0.717) is 16.8 Å². The average Bonchev–Trinajstić information content (AvgIpc) is 2.24. The first-order valence-corrected chi connectivity index (χ1v) is 5.84. The van der Waals surface area contributed by atoms with Gasteiger partial charge in [-0.2, -0.15) is 0 Å². The quantitative estimate of drug-likeness (QED) is 0.823. The molecule has 5 nitrogen and oxygen atoms in total. The van der Waals surface area contributed by atoms with E-state index < -0.39 is 0 Å². The molecule has 0 radical (unpaired) electrons. The Labute approximate surface area is 99.3 Å². The zero-order valence-electron chi connectivity index (χ0n) is 9.15. The fourth-order valence-corrected chi connectivity index (χ4v) is 2.01. The van der Waals surface area contributed by atoms with Crippen molar-refractivity contribution >= 4 is 17.5 Å². The number of rotatable bonds is 2. The van der Waals surface area contributed by atoms with Gasteiger partial charge in [0.25, 0.3) is 0 Å². The SMILES string of the molecule is Cc1nc(N[C@@H]2CCC[C@@H](O)C2)nnc1Cl. The van der Waals surface area contributed by atoms with Gasteiger partial charge in [0.15, 0.2) is 5.15 Å². The normalized spacial score (nSPS) is 25.4. The number of hydrogen-bond acceptors (Lipinski definition) is 5. The van der Waals surface area contributed by atoms with Crippen LogP contribution in [0.4, 0.5) is 5.95 Å². The molecule has 0 amide bonds. The van der Waals surface area contributed by atoms with Crippen molar-refractivity contribution in [1.82, 2.24) is 15.2 Å². The largest absolute Gasteiger partial charge is 0.393 e. The summed E-state index contributed by atoms with van der Waals surface area (Å²) in [6.07, 6.45) is 3.47. The highest BCUT2D eigenvalue weighted by Crippen LogP contribution is 2.21. The Morgan fingerprint density at radius 3 is 2.88 bits per heavy atom. The number of aliphatic hydroxyl groups excluding tert-OH is 1. The predicted molar refractivity (Wildman–Crippen MR) is 61.5 cm³/mol. The molecule has 1 saturated carbocycles. The maximum Gasteiger partial charge on any atom is 0.243 e. The summed E-state index contributed by atoms with van der Waals surface area (Å²) in [5, 5.41) is 20.7. The summed E-state index contributed by atoms with van der Waals surface area (Å²) in [7, 11) is 0. The van der Waals surface area contributed by atoms with E-state index in [1.165, 1.54) is 0 Å². The van der Waals surface area contributed by atoms with Gasteiger partial charge in [-0.1, -0.05) is 11.6 Å². The fourth-order valence-electron chi connectivity index (χ4n) is 1.93. The summed E-state index contributed by atoms with van der Waals surface area (Å²) >= 11 is 5.74. The summed E-state index contributed by atoms with van der Waals surface area (Å²) < 4.78 is 0. The van der Waals surface area contributed by atoms with E-state index in [1.807, 2.05) is 0 Å². The van der Waals surface area contributed by atoms with Gasteiger partial charge in [0.05, 0.1) is 11.8 Å². The lowest BCUT2D eigenvalue weighted by molar-refractivity contribution is 0.124. The molecule has 6 heteroatoms. The van der Waals surface area contributed by atoms with Crippen molar-refractivity contribution in [2.75, 3.05) is 5.32 Å². The molecular weight excluding hydrogens is 228 g/mol. The molecule has 0 bridgehead atoms. The highest BCUT2D eigenvalue weighted by molar-refractivity contribution is 6.29. The predicted octanol–water partition coefficient (Wildman–Crippen LogP) is 1.55. The second-order valence-corrected chi connectivity index (χ2v) is 4.53. The van der Waals surface area contributed by atoms with Crippen LogP contribution in [-0.4, -0.2) is 32.4 Å². The molecule has 0 spiro atoms. The standard InChI is InChI=1S/C10H15ClN4O/c1-6-9(11)14-15-10(12-6)13-7-3-2-4-8(16)5-7/h7-8,16H,2-5H2,1H3,(H,12,13,15)/t7-,8-/m1/s1. The van der Waals surface area contributed by atoms with Gasteiger partial charge in [-0.05, 0) is 32.6 Å². The second-order valence-electron chi connectivity index (χ2n) is 4.17. The zero-order valence-corrected chi connectivity index (χ0v) is 9.91. The lowest BCUT2D eigenvalue weighted by Crippen LogP contribution is -2.30. The van der Waals surface area contributed by atoms with Crippen LogP contribution >= 0.6 is 11.6 Å². The van der Waals surface area contributed by atoms with E-state index in [4.69, 9.17) is 11.6 Å². The Balaban J connectivity index is 2.00. The maximum absolute atomic E-state index is 9.54. The molecule has 1 aromatic heterocycles. The highest BCUT2D eigenvalue weighted by atomic mass is 35.5. The number of nitrogens with one attached hydrogen (secondary N) is 1. The number of aromatic nitrogens is 3. The molecular formula is C10H15ClN4O. The topological polar surface area (TPSA) is 70.9 Å². The van der Waals surface area contributed by atoms with E-state index in [9.17, 15) is 5.11 Å². The number of aryl methyl sites for hydroxylation is 1. The number of hydrogen-bond donors (Lipinski definition) is 2. The van der Waals surface area contributed by atoms with Crippen LogP contribution in [-0.2, 0) is 0 Å². The third-order valence-electron chi connectivity index (χ3n) is 2.78. The van der Waals surface area contributed by atoms with Crippen LogP contribution < -0.4 is 5.32 Å². The van der Waals surface area contributed by atoms with Crippen molar-refractivity contribution in [3.05, 3.63) is 10.8 Å². The molecule has 2 N–H and O–H groups in total. The zero-order chi connectivity index (χ0) is 11.5. The molecule has 0 aliphatic heterocycles. The van der Waals surface area contributed by atoms with Gasteiger partial charge in [-0.25, -0.2) is 4.98 Å². The van der Waals surface area contributed by atoms with Crippen LogP contribution in [0.3, 0.4) is 0 Å².